The number of ketones is 1. The van der Waals surface area contributed by atoms with Crippen LogP contribution >= 0.6 is 23.2 Å². The Morgan fingerprint density at radius 3 is 2.18 bits per heavy atom. The van der Waals surface area contributed by atoms with Crippen molar-refractivity contribution in [1.29, 1.82) is 0 Å². The lowest BCUT2D eigenvalue weighted by molar-refractivity contribution is 0.0961. The van der Waals surface area contributed by atoms with E-state index in [-0.39, 0.29) is 10.7 Å². The van der Waals surface area contributed by atoms with Crippen LogP contribution in [0.1, 0.15) is 22.0 Å². The maximum absolute atomic E-state index is 12.9. The third kappa shape index (κ3) is 4.45. The fraction of sp³-hybridized carbons (Fsp3) is 0.0952. The van der Waals surface area contributed by atoms with Gasteiger partial charge in [-0.2, -0.15) is 0 Å². The predicted octanol–water partition coefficient (Wildman–Crippen LogP) is 4.95. The standard InChI is InChI=1S/C21H17Cl2NO3S/c1-28(26,27)17-7-3-5-14(11-17)13-4-2-6-16(10-13)21(25)20(24)15-8-9-18(22)19(23)12-15/h2-12,20H,24H2,1H3. The smallest absolute Gasteiger partial charge is 0.184 e. The van der Waals surface area contributed by atoms with Crippen molar-refractivity contribution in [1.82, 2.24) is 0 Å². The topological polar surface area (TPSA) is 77.2 Å². The first-order valence-electron chi connectivity index (χ1n) is 8.32. The Labute approximate surface area is 173 Å². The molecule has 3 rings (SSSR count). The zero-order valence-electron chi connectivity index (χ0n) is 14.9. The van der Waals surface area contributed by atoms with Crippen LogP contribution in [-0.2, 0) is 9.84 Å². The second-order valence-electron chi connectivity index (χ2n) is 6.40. The van der Waals surface area contributed by atoms with E-state index in [9.17, 15) is 13.2 Å². The SMILES string of the molecule is CS(=O)(=O)c1cccc(-c2cccc(C(=O)C(N)c3ccc(Cl)c(Cl)c3)c2)c1. The summed E-state index contributed by atoms with van der Waals surface area (Å²) in [5, 5.41) is 0.714. The monoisotopic (exact) mass is 433 g/mol. The molecule has 0 bridgehead atoms. The highest BCUT2D eigenvalue weighted by Crippen LogP contribution is 2.28. The van der Waals surface area contributed by atoms with Gasteiger partial charge in [-0.15, -0.1) is 0 Å². The average Bonchev–Trinajstić information content (AvgIpc) is 2.68. The number of nitrogens with two attached hydrogens (primary N) is 1. The molecule has 0 aliphatic carbocycles. The van der Waals surface area contributed by atoms with Gasteiger partial charge in [-0.1, -0.05) is 59.6 Å². The maximum atomic E-state index is 12.9. The van der Waals surface area contributed by atoms with Gasteiger partial charge in [0.15, 0.2) is 15.6 Å². The third-order valence-corrected chi connectivity index (χ3v) is 6.18. The Morgan fingerprint density at radius 2 is 1.54 bits per heavy atom. The summed E-state index contributed by atoms with van der Waals surface area (Å²) in [4.78, 5) is 13.1. The van der Waals surface area contributed by atoms with Gasteiger partial charge in [-0.25, -0.2) is 8.42 Å². The van der Waals surface area contributed by atoms with Gasteiger partial charge in [-0.3, -0.25) is 4.79 Å². The van der Waals surface area contributed by atoms with E-state index in [2.05, 4.69) is 0 Å². The molecule has 0 amide bonds. The van der Waals surface area contributed by atoms with Gasteiger partial charge in [0.25, 0.3) is 0 Å². The molecule has 3 aromatic rings. The van der Waals surface area contributed by atoms with Crippen LogP contribution < -0.4 is 5.73 Å². The van der Waals surface area contributed by atoms with E-state index in [0.29, 0.717) is 26.7 Å². The molecule has 0 aromatic heterocycles. The number of sulfone groups is 1. The molecule has 3 aromatic carbocycles. The normalized spacial score (nSPS) is 12.6. The van der Waals surface area contributed by atoms with Crippen molar-refractivity contribution in [2.75, 3.05) is 6.26 Å². The van der Waals surface area contributed by atoms with E-state index in [1.54, 1.807) is 54.6 Å². The van der Waals surface area contributed by atoms with E-state index in [1.807, 2.05) is 6.07 Å². The molecule has 0 spiro atoms. The number of carbonyl (C=O) groups is 1. The van der Waals surface area contributed by atoms with Crippen LogP contribution in [0.25, 0.3) is 11.1 Å². The lowest BCUT2D eigenvalue weighted by Gasteiger charge is -2.13. The van der Waals surface area contributed by atoms with Crippen molar-refractivity contribution >= 4 is 38.8 Å². The first-order chi connectivity index (χ1) is 13.2. The number of carbonyl (C=O) groups excluding carboxylic acids is 1. The Kier molecular flexibility index (Phi) is 5.91. The molecule has 0 fully saturated rings. The Balaban J connectivity index is 1.95. The van der Waals surface area contributed by atoms with E-state index in [0.717, 1.165) is 11.8 Å². The molecule has 1 atom stereocenters. The summed E-state index contributed by atoms with van der Waals surface area (Å²) in [5.41, 5.74) is 8.52. The first-order valence-corrected chi connectivity index (χ1v) is 11.0. The van der Waals surface area contributed by atoms with Gasteiger partial charge >= 0.3 is 0 Å². The van der Waals surface area contributed by atoms with Gasteiger partial charge in [0.1, 0.15) is 0 Å². The van der Waals surface area contributed by atoms with E-state index < -0.39 is 15.9 Å². The minimum absolute atomic E-state index is 0.217. The molecule has 0 radical (unpaired) electrons. The van der Waals surface area contributed by atoms with Gasteiger partial charge < -0.3 is 5.73 Å². The van der Waals surface area contributed by atoms with Crippen molar-refractivity contribution in [3.8, 4) is 11.1 Å². The summed E-state index contributed by atoms with van der Waals surface area (Å²) in [7, 11) is -3.33. The van der Waals surface area contributed by atoms with Crippen LogP contribution in [0.4, 0.5) is 0 Å². The fourth-order valence-electron chi connectivity index (χ4n) is 2.80. The highest BCUT2D eigenvalue weighted by atomic mass is 35.5. The van der Waals surface area contributed by atoms with Crippen LogP contribution in [0.15, 0.2) is 71.6 Å². The minimum Gasteiger partial charge on any atom is -0.318 e. The van der Waals surface area contributed by atoms with E-state index >= 15 is 0 Å². The van der Waals surface area contributed by atoms with Gasteiger partial charge in [-0.05, 0) is 47.0 Å². The molecule has 1 unspecified atom stereocenters. The molecule has 7 heteroatoms. The third-order valence-electron chi connectivity index (χ3n) is 4.33. The van der Waals surface area contributed by atoms with Crippen molar-refractivity contribution in [3.05, 3.63) is 87.9 Å². The lowest BCUT2D eigenvalue weighted by atomic mass is 9.95. The summed E-state index contributed by atoms with van der Waals surface area (Å²) in [5.74, 6) is -0.278. The van der Waals surface area contributed by atoms with E-state index in [1.165, 1.54) is 6.07 Å². The van der Waals surface area contributed by atoms with Crippen LogP contribution in [0.3, 0.4) is 0 Å². The number of benzene rings is 3. The quantitative estimate of drug-likeness (QED) is 0.577. The summed E-state index contributed by atoms with van der Waals surface area (Å²) >= 11 is 11.9. The van der Waals surface area contributed by atoms with Gasteiger partial charge in [0, 0.05) is 11.8 Å². The number of hydrogen-bond donors (Lipinski definition) is 1. The summed E-state index contributed by atoms with van der Waals surface area (Å²) in [6, 6.07) is 17.4. The molecular weight excluding hydrogens is 417 g/mol. The largest absolute Gasteiger partial charge is 0.318 e. The van der Waals surface area contributed by atoms with Gasteiger partial charge in [0.2, 0.25) is 0 Å². The molecule has 0 heterocycles. The first kappa shape index (κ1) is 20.6. The minimum atomic E-state index is -3.33. The summed E-state index contributed by atoms with van der Waals surface area (Å²) < 4.78 is 23.6. The Morgan fingerprint density at radius 1 is 0.893 bits per heavy atom. The molecule has 144 valence electrons. The van der Waals surface area contributed by atoms with Crippen LogP contribution in [0, 0.1) is 0 Å². The molecule has 0 aliphatic rings. The average molecular weight is 434 g/mol. The molecule has 4 nitrogen and oxygen atoms in total. The molecule has 2 N–H and O–H groups in total. The second-order valence-corrected chi connectivity index (χ2v) is 9.23. The van der Waals surface area contributed by atoms with Crippen molar-refractivity contribution in [3.63, 3.8) is 0 Å². The second kappa shape index (κ2) is 8.05. The molecular formula is C21H17Cl2NO3S. The number of rotatable bonds is 5. The highest BCUT2D eigenvalue weighted by molar-refractivity contribution is 7.90. The van der Waals surface area contributed by atoms with Crippen molar-refractivity contribution in [2.45, 2.75) is 10.9 Å². The van der Waals surface area contributed by atoms with Crippen LogP contribution in [0.5, 0.6) is 0 Å². The molecule has 0 saturated heterocycles. The predicted molar refractivity (Wildman–Crippen MR) is 113 cm³/mol. The number of halogens is 2. The van der Waals surface area contributed by atoms with E-state index in [4.69, 9.17) is 28.9 Å². The zero-order valence-corrected chi connectivity index (χ0v) is 17.2. The maximum Gasteiger partial charge on any atom is 0.184 e. The lowest BCUT2D eigenvalue weighted by Crippen LogP contribution is -2.21. The van der Waals surface area contributed by atoms with Gasteiger partial charge in [0.05, 0.1) is 21.0 Å². The van der Waals surface area contributed by atoms with Crippen LogP contribution in [-0.4, -0.2) is 20.5 Å². The molecule has 0 aliphatic heterocycles. The molecule has 0 saturated carbocycles. The number of Topliss-reactive ketones (excluding diaryl/α,β-unsaturated/α-hetero) is 1. The Hall–Kier alpha value is -2.18. The Bertz CT molecular complexity index is 1160. The summed E-state index contributed by atoms with van der Waals surface area (Å²) in [6.45, 7) is 0. The number of hydrogen-bond acceptors (Lipinski definition) is 4. The van der Waals surface area contributed by atoms with Crippen molar-refractivity contribution in [2.24, 2.45) is 5.73 Å². The fourth-order valence-corrected chi connectivity index (χ4v) is 3.77. The zero-order chi connectivity index (χ0) is 20.5. The summed E-state index contributed by atoms with van der Waals surface area (Å²) in [6.07, 6.45) is 1.16. The van der Waals surface area contributed by atoms with Crippen molar-refractivity contribution < 1.29 is 13.2 Å². The highest BCUT2D eigenvalue weighted by Gasteiger charge is 2.19. The molecule has 28 heavy (non-hydrogen) atoms. The van der Waals surface area contributed by atoms with Crippen LogP contribution in [0.2, 0.25) is 10.0 Å².